The first-order valence-electron chi connectivity index (χ1n) is 11.5. The Morgan fingerprint density at radius 2 is 1.61 bits per heavy atom. The van der Waals surface area contributed by atoms with E-state index in [-0.39, 0.29) is 5.78 Å². The largest absolute Gasteiger partial charge is 0.497 e. The molecule has 10 heteroatoms. The van der Waals surface area contributed by atoms with Crippen LogP contribution in [-0.2, 0) is 4.79 Å². The third-order valence-corrected chi connectivity index (χ3v) is 6.52. The van der Waals surface area contributed by atoms with Crippen molar-refractivity contribution in [3.05, 3.63) is 47.2 Å². The Labute approximate surface area is 208 Å². The molecule has 0 spiro atoms. The van der Waals surface area contributed by atoms with Crippen molar-refractivity contribution in [3.63, 3.8) is 0 Å². The molecule has 0 radical (unpaired) electrons. The van der Waals surface area contributed by atoms with Gasteiger partial charge >= 0.3 is 0 Å². The number of aromatic nitrogens is 3. The van der Waals surface area contributed by atoms with Gasteiger partial charge in [0.15, 0.2) is 23.1 Å². The van der Waals surface area contributed by atoms with Gasteiger partial charge in [0, 0.05) is 28.8 Å². The van der Waals surface area contributed by atoms with Gasteiger partial charge in [-0.15, -0.1) is 5.10 Å². The molecule has 5 rings (SSSR count). The number of Topliss-reactive ketones (excluding diaryl/α,β-unsaturated/α-hetero) is 1. The monoisotopic (exact) mass is 492 g/mol. The number of allylic oxidation sites excluding steroid dienone is 2. The van der Waals surface area contributed by atoms with Crippen molar-refractivity contribution in [1.82, 2.24) is 14.8 Å². The van der Waals surface area contributed by atoms with Gasteiger partial charge in [0.2, 0.25) is 11.7 Å². The average Bonchev–Trinajstić information content (AvgIpc) is 3.34. The Morgan fingerprint density at radius 1 is 0.889 bits per heavy atom. The van der Waals surface area contributed by atoms with Crippen molar-refractivity contribution in [2.24, 2.45) is 0 Å². The second-order valence-corrected chi connectivity index (χ2v) is 8.42. The maximum atomic E-state index is 13.2. The SMILES string of the molecule is COc1ccc(OC)c([C@@H]2C3=C(CCCC3=O)Nc3nc(-c4cc(OC)c(OC)c(OC)c4)nn32)c1. The number of nitrogens with one attached hydrogen (secondary N) is 1. The summed E-state index contributed by atoms with van der Waals surface area (Å²) >= 11 is 0. The summed E-state index contributed by atoms with van der Waals surface area (Å²) in [6.45, 7) is 0. The molecule has 1 aliphatic carbocycles. The van der Waals surface area contributed by atoms with Gasteiger partial charge in [-0.3, -0.25) is 4.79 Å². The Morgan fingerprint density at radius 3 is 2.25 bits per heavy atom. The number of ketones is 1. The lowest BCUT2D eigenvalue weighted by Crippen LogP contribution is -2.31. The van der Waals surface area contributed by atoms with Gasteiger partial charge in [-0.1, -0.05) is 0 Å². The molecule has 1 aliphatic heterocycles. The van der Waals surface area contributed by atoms with Crippen molar-refractivity contribution >= 4 is 11.7 Å². The predicted octanol–water partition coefficient (Wildman–Crippen LogP) is 4.01. The molecule has 0 unspecified atom stereocenters. The van der Waals surface area contributed by atoms with E-state index in [4.69, 9.17) is 33.8 Å². The van der Waals surface area contributed by atoms with Gasteiger partial charge in [-0.2, -0.15) is 4.98 Å². The molecule has 2 heterocycles. The van der Waals surface area contributed by atoms with E-state index in [1.54, 1.807) is 52.4 Å². The fourth-order valence-electron chi connectivity index (χ4n) is 4.83. The van der Waals surface area contributed by atoms with Gasteiger partial charge in [0.25, 0.3) is 0 Å². The molecular formula is C26H28N4O6. The molecule has 0 amide bonds. The molecule has 1 atom stereocenters. The number of rotatable bonds is 7. The standard InChI is InChI=1S/C26H28N4O6/c1-32-15-9-10-19(33-2)16(13-15)23-22-17(7-6-8-18(22)31)27-26-28-25(29-30(23)26)14-11-20(34-3)24(36-5)21(12-14)35-4/h9-13,23H,6-8H2,1-5H3,(H,27,28,29)/t23-/m1/s1. The van der Waals surface area contributed by atoms with E-state index < -0.39 is 6.04 Å². The van der Waals surface area contributed by atoms with Gasteiger partial charge < -0.3 is 29.0 Å². The number of hydrogen-bond donors (Lipinski definition) is 1. The summed E-state index contributed by atoms with van der Waals surface area (Å²) in [7, 11) is 7.88. The lowest BCUT2D eigenvalue weighted by atomic mass is 9.85. The van der Waals surface area contributed by atoms with Gasteiger partial charge in [0.05, 0.1) is 35.5 Å². The van der Waals surface area contributed by atoms with Crippen LogP contribution < -0.4 is 29.0 Å². The topological polar surface area (TPSA) is 106 Å². The van der Waals surface area contributed by atoms with Crippen LogP contribution in [0.5, 0.6) is 28.7 Å². The van der Waals surface area contributed by atoms with Crippen LogP contribution in [0.1, 0.15) is 30.9 Å². The second-order valence-electron chi connectivity index (χ2n) is 8.42. The molecule has 2 aromatic carbocycles. The first-order chi connectivity index (χ1) is 17.5. The lowest BCUT2D eigenvalue weighted by Gasteiger charge is -2.32. The molecule has 0 bridgehead atoms. The third kappa shape index (κ3) is 3.78. The molecule has 36 heavy (non-hydrogen) atoms. The molecule has 2 aliphatic rings. The van der Waals surface area contributed by atoms with E-state index in [9.17, 15) is 4.79 Å². The van der Waals surface area contributed by atoms with Gasteiger partial charge in [-0.25, -0.2) is 4.68 Å². The summed E-state index contributed by atoms with van der Waals surface area (Å²) in [5, 5.41) is 8.20. The summed E-state index contributed by atoms with van der Waals surface area (Å²) in [6, 6.07) is 8.60. The Hall–Kier alpha value is -4.21. The zero-order valence-corrected chi connectivity index (χ0v) is 20.9. The third-order valence-electron chi connectivity index (χ3n) is 6.52. The summed E-state index contributed by atoms with van der Waals surface area (Å²) in [6.07, 6.45) is 2.00. The molecule has 1 N–H and O–H groups in total. The van der Waals surface area contributed by atoms with Crippen molar-refractivity contribution < 1.29 is 28.5 Å². The van der Waals surface area contributed by atoms with E-state index in [0.717, 1.165) is 24.1 Å². The molecule has 0 saturated heterocycles. The van der Waals surface area contributed by atoms with E-state index in [1.807, 2.05) is 18.2 Å². The van der Waals surface area contributed by atoms with Crippen molar-refractivity contribution in [3.8, 4) is 40.1 Å². The second kappa shape index (κ2) is 9.44. The predicted molar refractivity (Wildman–Crippen MR) is 132 cm³/mol. The average molecular weight is 493 g/mol. The van der Waals surface area contributed by atoms with E-state index in [0.29, 0.717) is 58.1 Å². The molecule has 0 saturated carbocycles. The molecular weight excluding hydrogens is 464 g/mol. The summed E-state index contributed by atoms with van der Waals surface area (Å²) in [5.41, 5.74) is 2.97. The number of hydrogen-bond acceptors (Lipinski definition) is 9. The summed E-state index contributed by atoms with van der Waals surface area (Å²) in [5.74, 6) is 3.79. The highest BCUT2D eigenvalue weighted by Gasteiger charge is 2.38. The number of nitrogens with zero attached hydrogens (tertiary/aromatic N) is 3. The highest BCUT2D eigenvalue weighted by Crippen LogP contribution is 2.45. The van der Waals surface area contributed by atoms with Crippen LogP contribution in [-0.4, -0.2) is 56.1 Å². The highest BCUT2D eigenvalue weighted by atomic mass is 16.5. The molecule has 188 valence electrons. The quantitative estimate of drug-likeness (QED) is 0.524. The van der Waals surface area contributed by atoms with Crippen LogP contribution in [0.3, 0.4) is 0 Å². The minimum absolute atomic E-state index is 0.0779. The van der Waals surface area contributed by atoms with Crippen LogP contribution in [0.15, 0.2) is 41.6 Å². The number of anilines is 1. The lowest BCUT2D eigenvalue weighted by molar-refractivity contribution is -0.116. The zero-order chi connectivity index (χ0) is 25.4. The maximum absolute atomic E-state index is 13.2. The van der Waals surface area contributed by atoms with E-state index in [1.165, 1.54) is 0 Å². The minimum atomic E-state index is -0.530. The van der Waals surface area contributed by atoms with Crippen molar-refractivity contribution in [2.75, 3.05) is 40.9 Å². The zero-order valence-electron chi connectivity index (χ0n) is 20.9. The molecule has 0 fully saturated rings. The summed E-state index contributed by atoms with van der Waals surface area (Å²) in [4.78, 5) is 18.0. The Balaban J connectivity index is 1.71. The number of fused-ring (bicyclic) bond motifs is 1. The maximum Gasteiger partial charge on any atom is 0.226 e. The number of ether oxygens (including phenoxy) is 5. The Kier molecular flexibility index (Phi) is 6.17. The summed E-state index contributed by atoms with van der Waals surface area (Å²) < 4.78 is 29.4. The highest BCUT2D eigenvalue weighted by molar-refractivity contribution is 5.99. The number of methoxy groups -OCH3 is 5. The first-order valence-corrected chi connectivity index (χ1v) is 11.5. The fraction of sp³-hybridized carbons (Fsp3) is 0.346. The van der Waals surface area contributed by atoms with E-state index in [2.05, 4.69) is 5.32 Å². The normalized spacial score (nSPS) is 16.6. The van der Waals surface area contributed by atoms with Crippen LogP contribution in [0.2, 0.25) is 0 Å². The van der Waals surface area contributed by atoms with Crippen LogP contribution >= 0.6 is 0 Å². The minimum Gasteiger partial charge on any atom is -0.497 e. The van der Waals surface area contributed by atoms with Crippen molar-refractivity contribution in [1.29, 1.82) is 0 Å². The molecule has 3 aromatic rings. The van der Waals surface area contributed by atoms with Crippen molar-refractivity contribution in [2.45, 2.75) is 25.3 Å². The first kappa shape index (κ1) is 23.5. The van der Waals surface area contributed by atoms with Gasteiger partial charge in [-0.05, 0) is 43.2 Å². The van der Waals surface area contributed by atoms with Crippen LogP contribution in [0.4, 0.5) is 5.95 Å². The molecule has 10 nitrogen and oxygen atoms in total. The smallest absolute Gasteiger partial charge is 0.226 e. The Bertz CT molecular complexity index is 1340. The number of benzene rings is 2. The fourth-order valence-corrected chi connectivity index (χ4v) is 4.83. The number of carbonyl (C=O) groups excluding carboxylic acids is 1. The molecule has 1 aromatic heterocycles. The number of carbonyl (C=O) groups is 1. The van der Waals surface area contributed by atoms with Crippen LogP contribution in [0, 0.1) is 0 Å². The van der Waals surface area contributed by atoms with E-state index >= 15 is 0 Å². The van der Waals surface area contributed by atoms with Gasteiger partial charge in [0.1, 0.15) is 17.5 Å². The van der Waals surface area contributed by atoms with Crippen LogP contribution in [0.25, 0.3) is 11.4 Å².